The van der Waals surface area contributed by atoms with Crippen molar-refractivity contribution in [2.24, 2.45) is 0 Å². The molecule has 6 heteroatoms. The quantitative estimate of drug-likeness (QED) is 0.823. The summed E-state index contributed by atoms with van der Waals surface area (Å²) in [5.41, 5.74) is 1.79. The molecule has 0 amide bonds. The summed E-state index contributed by atoms with van der Waals surface area (Å²) >= 11 is 1.89. The van der Waals surface area contributed by atoms with Gasteiger partial charge in [-0.2, -0.15) is 11.8 Å². The zero-order valence-corrected chi connectivity index (χ0v) is 11.9. The lowest BCUT2D eigenvalue weighted by Gasteiger charge is -2.12. The monoisotopic (exact) mass is 279 g/mol. The van der Waals surface area contributed by atoms with Crippen LogP contribution in [0, 0.1) is 0 Å². The number of aromatic carboxylic acids is 1. The highest BCUT2D eigenvalue weighted by Gasteiger charge is 2.13. The van der Waals surface area contributed by atoms with Crippen molar-refractivity contribution in [2.45, 2.75) is 26.3 Å². The largest absolute Gasteiger partial charge is 0.478 e. The maximum absolute atomic E-state index is 11.0. The van der Waals surface area contributed by atoms with E-state index < -0.39 is 5.97 Å². The molecule has 1 aromatic heterocycles. The fourth-order valence-corrected chi connectivity index (χ4v) is 2.71. The molecule has 0 spiro atoms. The molecule has 1 heterocycles. The van der Waals surface area contributed by atoms with Crippen molar-refractivity contribution < 1.29 is 9.90 Å². The van der Waals surface area contributed by atoms with Crippen LogP contribution in [0.2, 0.25) is 0 Å². The Morgan fingerprint density at radius 1 is 1.53 bits per heavy atom. The molecule has 0 aliphatic carbocycles. The third kappa shape index (κ3) is 3.07. The molecule has 102 valence electrons. The molecule has 0 aliphatic rings. The van der Waals surface area contributed by atoms with Gasteiger partial charge >= 0.3 is 5.97 Å². The summed E-state index contributed by atoms with van der Waals surface area (Å²) in [5.74, 6) is 1.25. The zero-order chi connectivity index (χ0) is 13.8. The summed E-state index contributed by atoms with van der Waals surface area (Å²) in [6.07, 6.45) is 0.994. The molecule has 0 fully saturated rings. The predicted octanol–water partition coefficient (Wildman–Crippen LogP) is 2.83. The van der Waals surface area contributed by atoms with Gasteiger partial charge in [-0.15, -0.1) is 5.10 Å². The average molecular weight is 279 g/mol. The highest BCUT2D eigenvalue weighted by atomic mass is 32.2. The fourth-order valence-electron chi connectivity index (χ4n) is 1.92. The Hall–Kier alpha value is -1.56. The molecule has 0 radical (unpaired) electrons. The Morgan fingerprint density at radius 3 is 3.00 bits per heavy atom. The SMILES string of the molecule is CCSCCC(C)n1nnc2ccc(C(=O)O)cc21. The first-order chi connectivity index (χ1) is 9.13. The van der Waals surface area contributed by atoms with E-state index in [0.29, 0.717) is 0 Å². The summed E-state index contributed by atoms with van der Waals surface area (Å²) in [7, 11) is 0. The third-order valence-corrected chi connectivity index (χ3v) is 3.95. The van der Waals surface area contributed by atoms with Crippen molar-refractivity contribution in [3.63, 3.8) is 0 Å². The number of carboxylic acid groups (broad SMARTS) is 1. The highest BCUT2D eigenvalue weighted by Crippen LogP contribution is 2.20. The maximum Gasteiger partial charge on any atom is 0.335 e. The Balaban J connectivity index is 2.27. The van der Waals surface area contributed by atoms with Crippen molar-refractivity contribution in [1.82, 2.24) is 15.0 Å². The van der Waals surface area contributed by atoms with Crippen molar-refractivity contribution in [3.8, 4) is 0 Å². The Kier molecular flexibility index (Phi) is 4.42. The number of benzene rings is 1. The van der Waals surface area contributed by atoms with Crippen LogP contribution in [0.25, 0.3) is 11.0 Å². The average Bonchev–Trinajstić information content (AvgIpc) is 2.81. The van der Waals surface area contributed by atoms with Gasteiger partial charge in [0.05, 0.1) is 17.1 Å². The standard InChI is InChI=1S/C13H17N3O2S/c1-3-19-7-6-9(2)16-12-8-10(13(17)18)4-5-11(12)14-15-16/h4-5,8-9H,3,6-7H2,1-2H3,(H,17,18). The van der Waals surface area contributed by atoms with Crippen molar-refractivity contribution >= 4 is 28.8 Å². The molecule has 1 aromatic carbocycles. The van der Waals surface area contributed by atoms with E-state index in [0.717, 1.165) is 29.0 Å². The lowest BCUT2D eigenvalue weighted by Crippen LogP contribution is -2.08. The number of fused-ring (bicyclic) bond motifs is 1. The summed E-state index contributed by atoms with van der Waals surface area (Å²) in [5, 5.41) is 17.3. The molecule has 0 saturated carbocycles. The molecule has 2 rings (SSSR count). The first-order valence-electron chi connectivity index (χ1n) is 6.29. The lowest BCUT2D eigenvalue weighted by molar-refractivity contribution is 0.0697. The smallest absolute Gasteiger partial charge is 0.335 e. The minimum Gasteiger partial charge on any atom is -0.478 e. The van der Waals surface area contributed by atoms with Gasteiger partial charge in [0.25, 0.3) is 0 Å². The molecule has 0 saturated heterocycles. The van der Waals surface area contributed by atoms with E-state index in [9.17, 15) is 4.79 Å². The van der Waals surface area contributed by atoms with Gasteiger partial charge in [-0.05, 0) is 43.0 Å². The number of aromatic nitrogens is 3. The van der Waals surface area contributed by atoms with E-state index in [4.69, 9.17) is 5.11 Å². The van der Waals surface area contributed by atoms with Gasteiger partial charge in [0.15, 0.2) is 0 Å². The number of thioether (sulfide) groups is 1. The fraction of sp³-hybridized carbons (Fsp3) is 0.462. The van der Waals surface area contributed by atoms with Crippen LogP contribution in [0.15, 0.2) is 18.2 Å². The molecule has 5 nitrogen and oxygen atoms in total. The molecular formula is C13H17N3O2S. The summed E-state index contributed by atoms with van der Waals surface area (Å²) < 4.78 is 1.82. The first-order valence-corrected chi connectivity index (χ1v) is 7.45. The number of nitrogens with zero attached hydrogens (tertiary/aromatic N) is 3. The topological polar surface area (TPSA) is 68.0 Å². The first kappa shape index (κ1) is 13.9. The molecule has 1 atom stereocenters. The number of rotatable bonds is 6. The highest BCUT2D eigenvalue weighted by molar-refractivity contribution is 7.99. The second kappa shape index (κ2) is 6.06. The van der Waals surface area contributed by atoms with Crippen LogP contribution in [0.4, 0.5) is 0 Å². The van der Waals surface area contributed by atoms with Crippen LogP contribution >= 0.6 is 11.8 Å². The number of hydrogen-bond donors (Lipinski definition) is 1. The van der Waals surface area contributed by atoms with Crippen molar-refractivity contribution in [1.29, 1.82) is 0 Å². The van der Waals surface area contributed by atoms with Gasteiger partial charge in [0.1, 0.15) is 5.52 Å². The van der Waals surface area contributed by atoms with E-state index in [1.807, 2.05) is 16.4 Å². The van der Waals surface area contributed by atoms with E-state index in [-0.39, 0.29) is 11.6 Å². The molecular weight excluding hydrogens is 262 g/mol. The number of hydrogen-bond acceptors (Lipinski definition) is 4. The predicted molar refractivity (Wildman–Crippen MR) is 76.8 cm³/mol. The molecule has 2 aromatic rings. The van der Waals surface area contributed by atoms with Crippen molar-refractivity contribution in [3.05, 3.63) is 23.8 Å². The van der Waals surface area contributed by atoms with Crippen LogP contribution in [0.1, 0.15) is 36.7 Å². The van der Waals surface area contributed by atoms with Crippen LogP contribution < -0.4 is 0 Å². The molecule has 1 N–H and O–H groups in total. The van der Waals surface area contributed by atoms with Gasteiger partial charge in [-0.1, -0.05) is 12.1 Å². The summed E-state index contributed by atoms with van der Waals surface area (Å²) in [6, 6.07) is 5.12. The van der Waals surface area contributed by atoms with E-state index >= 15 is 0 Å². The Labute approximate surface area is 116 Å². The second-order valence-electron chi connectivity index (χ2n) is 4.38. The molecule has 19 heavy (non-hydrogen) atoms. The zero-order valence-electron chi connectivity index (χ0n) is 11.0. The van der Waals surface area contributed by atoms with Gasteiger partial charge < -0.3 is 5.11 Å². The van der Waals surface area contributed by atoms with E-state index in [1.54, 1.807) is 18.2 Å². The minimum atomic E-state index is -0.927. The number of carboxylic acids is 1. The van der Waals surface area contributed by atoms with E-state index in [2.05, 4.69) is 24.2 Å². The van der Waals surface area contributed by atoms with Gasteiger partial charge in [-0.25, -0.2) is 9.48 Å². The Bertz CT molecular complexity index is 582. The summed E-state index contributed by atoms with van der Waals surface area (Å²) in [4.78, 5) is 11.0. The lowest BCUT2D eigenvalue weighted by atomic mass is 10.2. The normalized spacial score (nSPS) is 12.7. The van der Waals surface area contributed by atoms with E-state index in [1.165, 1.54) is 0 Å². The Morgan fingerprint density at radius 2 is 2.32 bits per heavy atom. The third-order valence-electron chi connectivity index (χ3n) is 3.02. The van der Waals surface area contributed by atoms with Gasteiger partial charge in [0, 0.05) is 0 Å². The molecule has 0 aliphatic heterocycles. The number of carbonyl (C=O) groups is 1. The van der Waals surface area contributed by atoms with Crippen LogP contribution in [-0.2, 0) is 0 Å². The summed E-state index contributed by atoms with van der Waals surface area (Å²) in [6.45, 7) is 4.22. The van der Waals surface area contributed by atoms with Crippen molar-refractivity contribution in [2.75, 3.05) is 11.5 Å². The van der Waals surface area contributed by atoms with Crippen LogP contribution in [-0.4, -0.2) is 37.6 Å². The van der Waals surface area contributed by atoms with Crippen LogP contribution in [0.5, 0.6) is 0 Å². The molecule has 1 unspecified atom stereocenters. The maximum atomic E-state index is 11.0. The van der Waals surface area contributed by atoms with Gasteiger partial charge in [0.2, 0.25) is 0 Å². The van der Waals surface area contributed by atoms with Crippen LogP contribution in [0.3, 0.4) is 0 Å². The minimum absolute atomic E-state index is 0.216. The second-order valence-corrected chi connectivity index (χ2v) is 5.77. The van der Waals surface area contributed by atoms with Gasteiger partial charge in [-0.3, -0.25) is 0 Å². The molecule has 0 bridgehead atoms.